The molecule has 0 amide bonds. The summed E-state index contributed by atoms with van der Waals surface area (Å²) < 4.78 is 37.3. The van der Waals surface area contributed by atoms with Crippen LogP contribution in [0.2, 0.25) is 0 Å². The summed E-state index contributed by atoms with van der Waals surface area (Å²) in [6, 6.07) is 2.16. The Bertz CT molecular complexity index is 417. The van der Waals surface area contributed by atoms with Crippen LogP contribution in [0, 0.1) is 0 Å². The summed E-state index contributed by atoms with van der Waals surface area (Å²) in [5.41, 5.74) is 2.30. The highest BCUT2D eigenvalue weighted by Crippen LogP contribution is 2.38. The fourth-order valence-electron chi connectivity index (χ4n) is 1.11. The Balaban J connectivity index is 3.60. The molecule has 0 bridgehead atoms. The molecule has 0 aliphatic carbocycles. The van der Waals surface area contributed by atoms with Crippen molar-refractivity contribution in [1.29, 1.82) is 0 Å². The molecule has 7 heteroatoms. The minimum atomic E-state index is -4.79. The van der Waals surface area contributed by atoms with Gasteiger partial charge in [0.1, 0.15) is 0 Å². The Kier molecular flexibility index (Phi) is 2.94. The number of rotatable bonds is 1. The van der Waals surface area contributed by atoms with Gasteiger partial charge >= 0.3 is 12.1 Å². The molecule has 0 atom stereocenters. The maximum absolute atomic E-state index is 12.5. The Morgan fingerprint density at radius 2 is 1.93 bits per heavy atom. The SMILES string of the molecule is Nc1ccc(Br)c(C(=O)O)c1C(F)(F)F. The summed E-state index contributed by atoms with van der Waals surface area (Å²) in [6.07, 6.45) is -4.79. The molecule has 1 aromatic carbocycles. The van der Waals surface area contributed by atoms with Crippen LogP contribution in [0.4, 0.5) is 18.9 Å². The van der Waals surface area contributed by atoms with E-state index in [9.17, 15) is 18.0 Å². The third kappa shape index (κ3) is 2.23. The van der Waals surface area contributed by atoms with Crippen LogP contribution in [0.25, 0.3) is 0 Å². The first-order chi connectivity index (χ1) is 6.75. The van der Waals surface area contributed by atoms with Gasteiger partial charge < -0.3 is 10.8 Å². The Hall–Kier alpha value is -1.24. The van der Waals surface area contributed by atoms with Crippen molar-refractivity contribution in [2.24, 2.45) is 0 Å². The zero-order chi connectivity index (χ0) is 11.8. The molecule has 0 fully saturated rings. The number of anilines is 1. The predicted octanol–water partition coefficient (Wildman–Crippen LogP) is 2.75. The molecular formula is C8H5BrF3NO2. The monoisotopic (exact) mass is 283 g/mol. The van der Waals surface area contributed by atoms with Crippen molar-refractivity contribution in [3.8, 4) is 0 Å². The van der Waals surface area contributed by atoms with E-state index in [4.69, 9.17) is 10.8 Å². The number of carboxylic acids is 1. The van der Waals surface area contributed by atoms with Gasteiger partial charge in [0.2, 0.25) is 0 Å². The minimum absolute atomic E-state index is 0.156. The summed E-state index contributed by atoms with van der Waals surface area (Å²) >= 11 is 2.74. The van der Waals surface area contributed by atoms with Crippen molar-refractivity contribution >= 4 is 27.6 Å². The predicted molar refractivity (Wildman–Crippen MR) is 50.5 cm³/mol. The molecule has 82 valence electrons. The largest absolute Gasteiger partial charge is 0.478 e. The van der Waals surface area contributed by atoms with Crippen LogP contribution in [0.1, 0.15) is 15.9 Å². The average molecular weight is 284 g/mol. The second-order valence-corrected chi connectivity index (χ2v) is 3.54. The van der Waals surface area contributed by atoms with E-state index < -0.39 is 29.0 Å². The van der Waals surface area contributed by atoms with Gasteiger partial charge in [-0.05, 0) is 28.1 Å². The molecule has 0 radical (unpaired) electrons. The quantitative estimate of drug-likeness (QED) is 0.779. The van der Waals surface area contributed by atoms with E-state index in [1.165, 1.54) is 0 Å². The fraction of sp³-hybridized carbons (Fsp3) is 0.125. The topological polar surface area (TPSA) is 63.3 Å². The van der Waals surface area contributed by atoms with Gasteiger partial charge in [-0.15, -0.1) is 0 Å². The van der Waals surface area contributed by atoms with Crippen LogP contribution in [0.3, 0.4) is 0 Å². The smallest absolute Gasteiger partial charge is 0.419 e. The van der Waals surface area contributed by atoms with Crippen molar-refractivity contribution < 1.29 is 23.1 Å². The van der Waals surface area contributed by atoms with E-state index in [2.05, 4.69) is 15.9 Å². The van der Waals surface area contributed by atoms with Gasteiger partial charge in [0.05, 0.1) is 11.1 Å². The first-order valence-corrected chi connectivity index (χ1v) is 4.43. The number of nitrogen functional groups attached to an aromatic ring is 1. The lowest BCUT2D eigenvalue weighted by atomic mass is 10.1. The van der Waals surface area contributed by atoms with E-state index in [1.54, 1.807) is 0 Å². The lowest BCUT2D eigenvalue weighted by Crippen LogP contribution is -2.16. The van der Waals surface area contributed by atoms with Gasteiger partial charge in [-0.3, -0.25) is 0 Å². The zero-order valence-electron chi connectivity index (χ0n) is 7.10. The van der Waals surface area contributed by atoms with Gasteiger partial charge in [0.25, 0.3) is 0 Å². The number of hydrogen-bond acceptors (Lipinski definition) is 2. The highest BCUT2D eigenvalue weighted by Gasteiger charge is 2.38. The maximum atomic E-state index is 12.5. The summed E-state index contributed by atoms with van der Waals surface area (Å²) in [5.74, 6) is -1.68. The number of benzene rings is 1. The Morgan fingerprint density at radius 1 is 1.40 bits per heavy atom. The summed E-state index contributed by atoms with van der Waals surface area (Å²) in [5, 5.41) is 8.65. The Labute approximate surface area is 90.8 Å². The molecule has 0 aromatic heterocycles. The van der Waals surface area contributed by atoms with Crippen LogP contribution in [0.15, 0.2) is 16.6 Å². The van der Waals surface area contributed by atoms with Gasteiger partial charge in [-0.1, -0.05) is 0 Å². The first-order valence-electron chi connectivity index (χ1n) is 3.63. The van der Waals surface area contributed by atoms with Crippen LogP contribution in [-0.2, 0) is 6.18 Å². The molecule has 0 heterocycles. The number of aromatic carboxylic acids is 1. The minimum Gasteiger partial charge on any atom is -0.478 e. The number of nitrogens with two attached hydrogens (primary N) is 1. The first kappa shape index (κ1) is 11.8. The molecule has 0 unspecified atom stereocenters. The molecule has 3 nitrogen and oxygen atoms in total. The molecule has 0 saturated carbocycles. The second-order valence-electron chi connectivity index (χ2n) is 2.69. The Morgan fingerprint density at radius 3 is 2.27 bits per heavy atom. The normalized spacial score (nSPS) is 11.5. The van der Waals surface area contributed by atoms with Gasteiger partial charge in [-0.25, -0.2) is 4.79 Å². The number of hydrogen-bond donors (Lipinski definition) is 2. The summed E-state index contributed by atoms with van der Waals surface area (Å²) in [4.78, 5) is 10.7. The van der Waals surface area contributed by atoms with Crippen molar-refractivity contribution in [2.45, 2.75) is 6.18 Å². The lowest BCUT2D eigenvalue weighted by Gasteiger charge is -2.13. The van der Waals surface area contributed by atoms with E-state index in [0.29, 0.717) is 0 Å². The second kappa shape index (κ2) is 3.73. The van der Waals surface area contributed by atoms with Crippen LogP contribution >= 0.6 is 15.9 Å². The maximum Gasteiger partial charge on any atom is 0.419 e. The van der Waals surface area contributed by atoms with E-state index in [1.807, 2.05) is 0 Å². The summed E-state index contributed by atoms with van der Waals surface area (Å²) in [6.45, 7) is 0. The molecule has 0 aliphatic rings. The van der Waals surface area contributed by atoms with Gasteiger partial charge in [-0.2, -0.15) is 13.2 Å². The fourth-order valence-corrected chi connectivity index (χ4v) is 1.61. The number of halogens is 4. The van der Waals surface area contributed by atoms with Crippen LogP contribution in [-0.4, -0.2) is 11.1 Å². The highest BCUT2D eigenvalue weighted by molar-refractivity contribution is 9.10. The van der Waals surface area contributed by atoms with Crippen molar-refractivity contribution in [2.75, 3.05) is 5.73 Å². The van der Waals surface area contributed by atoms with Gasteiger partial charge in [0, 0.05) is 10.2 Å². The third-order valence-electron chi connectivity index (χ3n) is 1.68. The van der Waals surface area contributed by atoms with Crippen LogP contribution < -0.4 is 5.73 Å². The molecule has 1 aromatic rings. The number of alkyl halides is 3. The van der Waals surface area contributed by atoms with Crippen LogP contribution in [0.5, 0.6) is 0 Å². The molecular weight excluding hydrogens is 279 g/mol. The number of carboxylic acid groups (broad SMARTS) is 1. The molecule has 3 N–H and O–H groups in total. The standard InChI is InChI=1S/C8H5BrF3NO2/c9-3-1-2-4(13)6(8(10,11)12)5(3)7(14)15/h1-2H,13H2,(H,14,15). The molecule has 15 heavy (non-hydrogen) atoms. The van der Waals surface area contributed by atoms with Crippen molar-refractivity contribution in [3.63, 3.8) is 0 Å². The molecule has 0 spiro atoms. The molecule has 0 aliphatic heterocycles. The third-order valence-corrected chi connectivity index (χ3v) is 2.34. The van der Waals surface area contributed by atoms with Crippen molar-refractivity contribution in [1.82, 2.24) is 0 Å². The molecule has 0 saturated heterocycles. The van der Waals surface area contributed by atoms with Gasteiger partial charge in [0.15, 0.2) is 0 Å². The summed E-state index contributed by atoms with van der Waals surface area (Å²) in [7, 11) is 0. The average Bonchev–Trinajstić information content (AvgIpc) is 2.05. The zero-order valence-corrected chi connectivity index (χ0v) is 8.69. The van der Waals surface area contributed by atoms with E-state index in [-0.39, 0.29) is 4.47 Å². The van der Waals surface area contributed by atoms with E-state index >= 15 is 0 Å². The highest BCUT2D eigenvalue weighted by atomic mass is 79.9. The molecule has 1 rings (SSSR count). The van der Waals surface area contributed by atoms with Crippen molar-refractivity contribution in [3.05, 3.63) is 27.7 Å². The van der Waals surface area contributed by atoms with E-state index in [0.717, 1.165) is 12.1 Å². The lowest BCUT2D eigenvalue weighted by molar-refractivity contribution is -0.137. The number of carbonyl (C=O) groups is 1.